The Bertz CT molecular complexity index is 1140. The van der Waals surface area contributed by atoms with E-state index in [4.69, 9.17) is 4.74 Å². The van der Waals surface area contributed by atoms with E-state index in [2.05, 4.69) is 20.2 Å². The zero-order valence-corrected chi connectivity index (χ0v) is 18.7. The van der Waals surface area contributed by atoms with Gasteiger partial charge in [0.2, 0.25) is 30.3 Å². The van der Waals surface area contributed by atoms with Crippen LogP contribution in [0.25, 0.3) is 0 Å². The highest BCUT2D eigenvalue weighted by Gasteiger charge is 2.29. The maximum atomic E-state index is 13.1. The number of amides is 1. The number of rotatable bonds is 7. The van der Waals surface area contributed by atoms with E-state index < -0.39 is 26.0 Å². The van der Waals surface area contributed by atoms with Crippen LogP contribution < -0.4 is 10.0 Å². The first-order chi connectivity index (χ1) is 14.1. The first-order valence-corrected chi connectivity index (χ1v) is 13.1. The molecule has 1 fully saturated rings. The summed E-state index contributed by atoms with van der Waals surface area (Å²) in [5.74, 6) is -0.585. The molecule has 1 aromatic heterocycles. The van der Waals surface area contributed by atoms with Gasteiger partial charge in [0.25, 0.3) is 5.91 Å². The van der Waals surface area contributed by atoms with Crippen LogP contribution in [-0.2, 0) is 31.2 Å². The largest absolute Gasteiger partial charge is 0.379 e. The summed E-state index contributed by atoms with van der Waals surface area (Å²) >= 11 is 0.838. The van der Waals surface area contributed by atoms with Gasteiger partial charge in [-0.3, -0.25) is 14.8 Å². The number of nitrogens with one attached hydrogen (secondary N) is 2. The minimum atomic E-state index is -3.78. The molecule has 0 aliphatic carbocycles. The van der Waals surface area contributed by atoms with Gasteiger partial charge in [-0.2, -0.15) is 4.31 Å². The number of carbonyl (C=O) groups is 1. The van der Waals surface area contributed by atoms with Crippen LogP contribution in [0.2, 0.25) is 0 Å². The van der Waals surface area contributed by atoms with E-state index >= 15 is 0 Å². The summed E-state index contributed by atoms with van der Waals surface area (Å²) in [7, 11) is -7.30. The molecule has 164 valence electrons. The molecule has 0 radical (unpaired) electrons. The van der Waals surface area contributed by atoms with Crippen LogP contribution in [0.15, 0.2) is 23.1 Å². The SMILES string of the molecule is CCc1ccc(C(=O)Nc2nnc(NS(C)(=O)=O)s2)cc1S(=O)(=O)N1CCOCC1. The molecule has 11 nitrogen and oxygen atoms in total. The molecule has 2 heterocycles. The Morgan fingerprint density at radius 3 is 2.47 bits per heavy atom. The second kappa shape index (κ2) is 8.93. The normalized spacial score (nSPS) is 15.7. The van der Waals surface area contributed by atoms with E-state index in [0.717, 1.165) is 17.6 Å². The van der Waals surface area contributed by atoms with E-state index in [1.807, 2.05) is 6.92 Å². The molecular formula is C16H21N5O6S3. The molecule has 14 heteroatoms. The third-order valence-electron chi connectivity index (χ3n) is 4.22. The van der Waals surface area contributed by atoms with Crippen molar-refractivity contribution in [3.05, 3.63) is 29.3 Å². The lowest BCUT2D eigenvalue weighted by molar-refractivity contribution is 0.0730. The standard InChI is InChI=1S/C16H21N5O6S3/c1-3-11-4-5-12(10-13(11)30(25,26)21-6-8-27-9-7-21)14(22)17-15-18-19-16(28-15)20-29(2,23)24/h4-5,10H,3,6-9H2,1-2H3,(H,19,20)(H,17,18,22). The average Bonchev–Trinajstić information content (AvgIpc) is 3.12. The van der Waals surface area contributed by atoms with Crippen LogP contribution in [0.3, 0.4) is 0 Å². The molecule has 1 amide bonds. The van der Waals surface area contributed by atoms with Crippen LogP contribution in [0, 0.1) is 0 Å². The van der Waals surface area contributed by atoms with Crippen molar-refractivity contribution in [3.8, 4) is 0 Å². The molecule has 0 unspecified atom stereocenters. The highest BCUT2D eigenvalue weighted by Crippen LogP contribution is 2.25. The van der Waals surface area contributed by atoms with Gasteiger partial charge >= 0.3 is 0 Å². The molecule has 1 aliphatic rings. The van der Waals surface area contributed by atoms with E-state index in [0.29, 0.717) is 25.2 Å². The Balaban J connectivity index is 1.84. The zero-order valence-electron chi connectivity index (χ0n) is 16.3. The van der Waals surface area contributed by atoms with E-state index in [1.165, 1.54) is 16.4 Å². The van der Waals surface area contributed by atoms with Crippen LogP contribution >= 0.6 is 11.3 Å². The summed E-state index contributed by atoms with van der Waals surface area (Å²) in [4.78, 5) is 12.7. The number of morpholine rings is 1. The lowest BCUT2D eigenvalue weighted by atomic mass is 10.1. The van der Waals surface area contributed by atoms with Gasteiger partial charge in [-0.05, 0) is 24.1 Å². The number of anilines is 2. The van der Waals surface area contributed by atoms with Gasteiger partial charge < -0.3 is 4.74 Å². The molecule has 0 saturated carbocycles. The Kier molecular flexibility index (Phi) is 6.71. The molecule has 2 aromatic rings. The fourth-order valence-electron chi connectivity index (χ4n) is 2.80. The van der Waals surface area contributed by atoms with Gasteiger partial charge in [-0.1, -0.05) is 24.3 Å². The smallest absolute Gasteiger partial charge is 0.257 e. The average molecular weight is 476 g/mol. The Labute approximate surface area is 178 Å². The van der Waals surface area contributed by atoms with Crippen molar-refractivity contribution < 1.29 is 26.4 Å². The lowest BCUT2D eigenvalue weighted by Crippen LogP contribution is -2.41. The van der Waals surface area contributed by atoms with Gasteiger partial charge in [0.1, 0.15) is 0 Å². The molecule has 0 bridgehead atoms. The fraction of sp³-hybridized carbons (Fsp3) is 0.438. The summed E-state index contributed by atoms with van der Waals surface area (Å²) in [5.41, 5.74) is 0.737. The number of nitrogens with zero attached hydrogens (tertiary/aromatic N) is 3. The molecule has 1 saturated heterocycles. The Hall–Kier alpha value is -2.13. The predicted molar refractivity (Wildman–Crippen MR) is 112 cm³/mol. The molecule has 1 aliphatic heterocycles. The molecular weight excluding hydrogens is 454 g/mol. The molecule has 2 N–H and O–H groups in total. The van der Waals surface area contributed by atoms with Crippen LogP contribution in [0.4, 0.5) is 10.3 Å². The summed E-state index contributed by atoms with van der Waals surface area (Å²) in [6.07, 6.45) is 1.45. The third-order valence-corrected chi connectivity index (χ3v) is 7.64. The highest BCUT2D eigenvalue weighted by molar-refractivity contribution is 7.92. The number of carbonyl (C=O) groups excluding carboxylic acids is 1. The number of aromatic nitrogens is 2. The zero-order chi connectivity index (χ0) is 21.9. The number of ether oxygens (including phenoxy) is 1. The van der Waals surface area contributed by atoms with Crippen molar-refractivity contribution in [3.63, 3.8) is 0 Å². The second-order valence-corrected chi connectivity index (χ2v) is 11.1. The van der Waals surface area contributed by atoms with Crippen molar-refractivity contribution >= 4 is 47.6 Å². The minimum Gasteiger partial charge on any atom is -0.379 e. The van der Waals surface area contributed by atoms with Gasteiger partial charge in [-0.15, -0.1) is 10.2 Å². The van der Waals surface area contributed by atoms with E-state index in [1.54, 1.807) is 6.07 Å². The van der Waals surface area contributed by atoms with E-state index in [-0.39, 0.29) is 33.8 Å². The van der Waals surface area contributed by atoms with Gasteiger partial charge in [-0.25, -0.2) is 16.8 Å². The number of aryl methyl sites for hydroxylation is 1. The molecule has 3 rings (SSSR count). The van der Waals surface area contributed by atoms with Crippen molar-refractivity contribution in [1.82, 2.24) is 14.5 Å². The van der Waals surface area contributed by atoms with Gasteiger partial charge in [0.05, 0.1) is 24.4 Å². The monoisotopic (exact) mass is 475 g/mol. The van der Waals surface area contributed by atoms with Crippen LogP contribution in [-0.4, -0.2) is 69.8 Å². The van der Waals surface area contributed by atoms with Crippen LogP contribution in [0.5, 0.6) is 0 Å². The van der Waals surface area contributed by atoms with E-state index in [9.17, 15) is 21.6 Å². The van der Waals surface area contributed by atoms with Crippen molar-refractivity contribution in [1.29, 1.82) is 0 Å². The number of hydrogen-bond acceptors (Lipinski definition) is 9. The van der Waals surface area contributed by atoms with Crippen molar-refractivity contribution in [2.24, 2.45) is 0 Å². The topological polar surface area (TPSA) is 148 Å². The third kappa shape index (κ3) is 5.31. The number of benzene rings is 1. The first-order valence-electron chi connectivity index (χ1n) is 8.93. The second-order valence-electron chi connectivity index (χ2n) is 6.43. The molecule has 0 spiro atoms. The maximum Gasteiger partial charge on any atom is 0.257 e. The summed E-state index contributed by atoms with van der Waals surface area (Å²) in [6, 6.07) is 4.48. The molecule has 30 heavy (non-hydrogen) atoms. The minimum absolute atomic E-state index is 0.00437. The highest BCUT2D eigenvalue weighted by atomic mass is 32.2. The summed E-state index contributed by atoms with van der Waals surface area (Å²) < 4.78 is 57.4. The first kappa shape index (κ1) is 22.6. The fourth-order valence-corrected chi connectivity index (χ4v) is 5.99. The number of sulfonamides is 2. The summed E-state index contributed by atoms with van der Waals surface area (Å²) in [6.45, 7) is 2.99. The van der Waals surface area contributed by atoms with Gasteiger partial charge in [0.15, 0.2) is 0 Å². The predicted octanol–water partition coefficient (Wildman–Crippen LogP) is 0.745. The van der Waals surface area contributed by atoms with Crippen molar-refractivity contribution in [2.75, 3.05) is 42.6 Å². The Morgan fingerprint density at radius 1 is 1.17 bits per heavy atom. The summed E-state index contributed by atoms with van der Waals surface area (Å²) in [5, 5.41) is 9.94. The molecule has 1 aromatic carbocycles. The van der Waals surface area contributed by atoms with Gasteiger partial charge in [0, 0.05) is 18.7 Å². The van der Waals surface area contributed by atoms with Crippen LogP contribution in [0.1, 0.15) is 22.8 Å². The maximum absolute atomic E-state index is 13.1. The quantitative estimate of drug-likeness (QED) is 0.596. The Morgan fingerprint density at radius 2 is 1.83 bits per heavy atom. The lowest BCUT2D eigenvalue weighted by Gasteiger charge is -2.27. The number of hydrogen-bond donors (Lipinski definition) is 2. The molecule has 0 atom stereocenters. The van der Waals surface area contributed by atoms with Crippen molar-refractivity contribution in [2.45, 2.75) is 18.2 Å².